The molecule has 2 unspecified atom stereocenters. The van der Waals surface area contributed by atoms with Crippen molar-refractivity contribution in [1.82, 2.24) is 5.32 Å². The van der Waals surface area contributed by atoms with Gasteiger partial charge in [0.15, 0.2) is 0 Å². The van der Waals surface area contributed by atoms with Crippen LogP contribution in [0.3, 0.4) is 0 Å². The van der Waals surface area contributed by atoms with Crippen molar-refractivity contribution in [3.05, 3.63) is 154 Å². The number of nitrogens with zero attached hydrogens (tertiary/aromatic N) is 1. The van der Waals surface area contributed by atoms with Crippen molar-refractivity contribution in [3.63, 3.8) is 0 Å². The van der Waals surface area contributed by atoms with Gasteiger partial charge in [-0.1, -0.05) is 84.9 Å². The zero-order valence-corrected chi connectivity index (χ0v) is 28.4. The van der Waals surface area contributed by atoms with E-state index in [1.54, 1.807) is 48.5 Å². The molecule has 2 atom stereocenters. The van der Waals surface area contributed by atoms with Gasteiger partial charge in [-0.15, -0.1) is 23.1 Å². The molecule has 0 saturated carbocycles. The Hall–Kier alpha value is -5.43. The van der Waals surface area contributed by atoms with Crippen molar-refractivity contribution in [2.75, 3.05) is 10.6 Å². The molecule has 0 spiro atoms. The summed E-state index contributed by atoms with van der Waals surface area (Å²) < 4.78 is 0. The molecule has 1 aliphatic carbocycles. The molecule has 0 fully saturated rings. The average molecular weight is 683 g/mol. The Kier molecular flexibility index (Phi) is 10.7. The zero-order chi connectivity index (χ0) is 34.2. The molecular weight excluding hydrogens is 649 g/mol. The molecule has 3 N–H and O–H groups in total. The predicted molar refractivity (Wildman–Crippen MR) is 198 cm³/mol. The van der Waals surface area contributed by atoms with Crippen molar-refractivity contribution < 1.29 is 14.4 Å². The van der Waals surface area contributed by atoms with E-state index in [1.165, 1.54) is 28.7 Å². The predicted octanol–water partition coefficient (Wildman–Crippen LogP) is 8.42. The second-order valence-electron chi connectivity index (χ2n) is 11.7. The van der Waals surface area contributed by atoms with Gasteiger partial charge in [0.2, 0.25) is 5.91 Å². The summed E-state index contributed by atoms with van der Waals surface area (Å²) in [4.78, 5) is 41.8. The number of benzene rings is 4. The molecule has 244 valence electrons. The summed E-state index contributed by atoms with van der Waals surface area (Å²) in [7, 11) is 0. The van der Waals surface area contributed by atoms with Gasteiger partial charge < -0.3 is 16.0 Å². The smallest absolute Gasteiger partial charge is 0.272 e. The number of thioether (sulfide) groups is 1. The lowest BCUT2D eigenvalue weighted by Gasteiger charge is -2.22. The molecule has 1 heterocycles. The second kappa shape index (κ2) is 15.6. The van der Waals surface area contributed by atoms with Crippen LogP contribution in [0.5, 0.6) is 0 Å². The third-order valence-corrected chi connectivity index (χ3v) is 10.6. The monoisotopic (exact) mass is 682 g/mol. The molecule has 3 amide bonds. The Labute approximate surface area is 294 Å². The number of nitriles is 1. The Morgan fingerprint density at radius 2 is 1.59 bits per heavy atom. The maximum absolute atomic E-state index is 13.5. The molecule has 6 rings (SSSR count). The van der Waals surface area contributed by atoms with Gasteiger partial charge in [0.1, 0.15) is 16.8 Å². The number of nitrogens with one attached hydrogen (secondary N) is 3. The van der Waals surface area contributed by atoms with Gasteiger partial charge in [0, 0.05) is 21.0 Å². The Morgan fingerprint density at radius 3 is 2.31 bits per heavy atom. The number of carbonyl (C=O) groups is 3. The summed E-state index contributed by atoms with van der Waals surface area (Å²) in [5.41, 5.74) is 4.72. The van der Waals surface area contributed by atoms with E-state index in [0.29, 0.717) is 27.7 Å². The first kappa shape index (κ1) is 33.5. The van der Waals surface area contributed by atoms with Gasteiger partial charge in [-0.05, 0) is 85.2 Å². The summed E-state index contributed by atoms with van der Waals surface area (Å²) in [6.45, 7) is 1.82. The fourth-order valence-corrected chi connectivity index (χ4v) is 7.98. The molecule has 4 aromatic carbocycles. The number of hydrogen-bond acceptors (Lipinski definition) is 6. The fraction of sp³-hybridized carbons (Fsp3) is 0.150. The van der Waals surface area contributed by atoms with E-state index in [9.17, 15) is 19.6 Å². The summed E-state index contributed by atoms with van der Waals surface area (Å²) in [6, 6.07) is 38.0. The quantitative estimate of drug-likeness (QED) is 0.101. The SMILES string of the molecule is CC(Sc1cccc(NC(=O)/C(=C/c2ccccc2)NC(=O)c2ccccc2)c1)C(=O)Nc1sc2c(c1C#N)CCC(c1ccccc1)C2. The normalized spacial score (nSPS) is 14.5. The van der Waals surface area contributed by atoms with Gasteiger partial charge >= 0.3 is 0 Å². The van der Waals surface area contributed by atoms with Gasteiger partial charge in [-0.2, -0.15) is 5.26 Å². The topological polar surface area (TPSA) is 111 Å². The minimum Gasteiger partial charge on any atom is -0.321 e. The molecular formula is C40H34N4O3S2. The van der Waals surface area contributed by atoms with Crippen LogP contribution < -0.4 is 16.0 Å². The highest BCUT2D eigenvalue weighted by molar-refractivity contribution is 8.00. The Bertz CT molecular complexity index is 2040. The van der Waals surface area contributed by atoms with Crippen LogP contribution in [0.15, 0.2) is 126 Å². The summed E-state index contributed by atoms with van der Waals surface area (Å²) in [5.74, 6) is -0.689. The van der Waals surface area contributed by atoms with Gasteiger partial charge in [0.25, 0.3) is 11.8 Å². The van der Waals surface area contributed by atoms with E-state index in [2.05, 4.69) is 46.3 Å². The van der Waals surface area contributed by atoms with Crippen molar-refractivity contribution in [2.24, 2.45) is 0 Å². The maximum atomic E-state index is 13.5. The van der Waals surface area contributed by atoms with Crippen molar-refractivity contribution >= 4 is 57.6 Å². The van der Waals surface area contributed by atoms with Crippen LogP contribution in [0.4, 0.5) is 10.7 Å². The van der Waals surface area contributed by atoms with Crippen molar-refractivity contribution in [3.8, 4) is 6.07 Å². The zero-order valence-electron chi connectivity index (χ0n) is 26.8. The lowest BCUT2D eigenvalue weighted by molar-refractivity contribution is -0.115. The van der Waals surface area contributed by atoms with Gasteiger partial charge in [-0.3, -0.25) is 14.4 Å². The van der Waals surface area contributed by atoms with E-state index in [1.807, 2.05) is 55.5 Å². The summed E-state index contributed by atoms with van der Waals surface area (Å²) >= 11 is 2.86. The molecule has 0 aliphatic heterocycles. The summed E-state index contributed by atoms with van der Waals surface area (Å²) in [5, 5.41) is 18.8. The maximum Gasteiger partial charge on any atom is 0.272 e. The molecule has 1 aromatic heterocycles. The number of thiophene rings is 1. The van der Waals surface area contributed by atoms with Crippen LogP contribution in [-0.4, -0.2) is 23.0 Å². The Morgan fingerprint density at radius 1 is 0.898 bits per heavy atom. The number of amides is 3. The van der Waals surface area contributed by atoms with Crippen LogP contribution in [0, 0.1) is 11.3 Å². The number of rotatable bonds is 10. The molecule has 5 aromatic rings. The summed E-state index contributed by atoms with van der Waals surface area (Å²) in [6.07, 6.45) is 4.26. The third-order valence-electron chi connectivity index (χ3n) is 8.30. The highest BCUT2D eigenvalue weighted by Crippen LogP contribution is 2.42. The number of anilines is 2. The average Bonchev–Trinajstić information content (AvgIpc) is 3.48. The van der Waals surface area contributed by atoms with E-state index in [-0.39, 0.29) is 11.6 Å². The van der Waals surface area contributed by atoms with Crippen molar-refractivity contribution in [2.45, 2.75) is 42.2 Å². The lowest BCUT2D eigenvalue weighted by atomic mass is 9.83. The van der Waals surface area contributed by atoms with Gasteiger partial charge in [-0.25, -0.2) is 0 Å². The molecule has 49 heavy (non-hydrogen) atoms. The number of fused-ring (bicyclic) bond motifs is 1. The first-order valence-electron chi connectivity index (χ1n) is 16.0. The van der Waals surface area contributed by atoms with Crippen LogP contribution in [0.25, 0.3) is 6.08 Å². The number of carbonyl (C=O) groups excluding carboxylic acids is 3. The highest BCUT2D eigenvalue weighted by atomic mass is 32.2. The third kappa shape index (κ3) is 8.36. The lowest BCUT2D eigenvalue weighted by Crippen LogP contribution is -2.30. The molecule has 1 aliphatic rings. The molecule has 0 radical (unpaired) electrons. The van der Waals surface area contributed by atoms with E-state index >= 15 is 0 Å². The van der Waals surface area contributed by atoms with Crippen LogP contribution in [-0.2, 0) is 22.4 Å². The fourth-order valence-electron chi connectivity index (χ4n) is 5.78. The molecule has 0 saturated heterocycles. The first-order valence-corrected chi connectivity index (χ1v) is 17.7. The standard InChI is InChI=1S/C40H34N4O3S2/c1-26(37(45)44-40-34(25-41)33-21-20-30(23-36(33)49-40)28-14-7-3-8-15-28)48-32-19-11-18-31(24-32)42-39(47)35(22-27-12-5-2-6-13-27)43-38(46)29-16-9-4-10-17-29/h2-19,22,24,26,30H,20-21,23H2,1H3,(H,42,47)(H,43,46)(H,44,45)/b35-22-. The highest BCUT2D eigenvalue weighted by Gasteiger charge is 2.28. The van der Waals surface area contributed by atoms with E-state index in [4.69, 9.17) is 0 Å². The number of hydrogen-bond donors (Lipinski definition) is 3. The minimum absolute atomic E-state index is 0.0906. The molecule has 0 bridgehead atoms. The molecule has 7 nitrogen and oxygen atoms in total. The second-order valence-corrected chi connectivity index (χ2v) is 14.2. The van der Waals surface area contributed by atoms with E-state index in [0.717, 1.165) is 40.2 Å². The Balaban J connectivity index is 1.12. The first-order chi connectivity index (χ1) is 23.9. The van der Waals surface area contributed by atoms with Crippen LogP contribution >= 0.6 is 23.1 Å². The minimum atomic E-state index is -0.485. The van der Waals surface area contributed by atoms with Crippen molar-refractivity contribution in [1.29, 1.82) is 5.26 Å². The van der Waals surface area contributed by atoms with Crippen LogP contribution in [0.2, 0.25) is 0 Å². The van der Waals surface area contributed by atoms with Crippen LogP contribution in [0.1, 0.15) is 56.8 Å². The van der Waals surface area contributed by atoms with E-state index < -0.39 is 17.1 Å². The van der Waals surface area contributed by atoms with Gasteiger partial charge in [0.05, 0.1) is 10.8 Å². The largest absolute Gasteiger partial charge is 0.321 e. The molecule has 9 heteroatoms.